The maximum Gasteiger partial charge on any atom is 0.167 e. The highest BCUT2D eigenvalue weighted by Gasteiger charge is 2.21. The number of hydrogen-bond acceptors (Lipinski definition) is 5. The largest absolute Gasteiger partial charge is 0.456 e. The molecule has 5 nitrogen and oxygen atoms in total. The molecule has 0 aliphatic rings. The van der Waals surface area contributed by atoms with Crippen LogP contribution in [0, 0.1) is 0 Å². The van der Waals surface area contributed by atoms with Gasteiger partial charge in [-0.3, -0.25) is 0 Å². The average Bonchev–Trinajstić information content (AvgIpc) is 3.87. The standard InChI is InChI=1S/C45H27N3O2/c1-3-12-28(13-4-1)30-16-9-17-32(26-30)43-46-44(48-45(47-43)36-21-10-19-34-33-18-7-8-22-38(33)50-42(34)36)35-20-11-23-40-41(35)37-27-31(24-25-39(37)49-40)29-14-5-2-6-15-29/h1-27H/i2D,5D,6D,11D,14D,15D,20D,23D,24D,25D,27D. The summed E-state index contributed by atoms with van der Waals surface area (Å²) in [6.07, 6.45) is 0. The van der Waals surface area contributed by atoms with Gasteiger partial charge in [-0.2, -0.15) is 0 Å². The van der Waals surface area contributed by atoms with Gasteiger partial charge in [0.1, 0.15) is 22.3 Å². The second-order valence-electron chi connectivity index (χ2n) is 11.5. The third-order valence-electron chi connectivity index (χ3n) is 8.55. The molecule has 50 heavy (non-hydrogen) atoms. The summed E-state index contributed by atoms with van der Waals surface area (Å²) < 4.78 is 109. The second-order valence-corrected chi connectivity index (χ2v) is 11.5. The SMILES string of the molecule is [2H]c1c([2H])c([2H])c(-c2c([2H])c([2H])c3oc4c([2H])c([2H])c([2H])c(-c5nc(-c6cccc(-c7ccccc7)c6)nc(-c6cccc7c6oc6ccccc67)n5)c4c3c2[2H])c([2H])c1[2H]. The molecule has 0 spiro atoms. The van der Waals surface area contributed by atoms with E-state index in [1.807, 2.05) is 91.0 Å². The van der Waals surface area contributed by atoms with Crippen LogP contribution in [0.1, 0.15) is 15.1 Å². The Kier molecular flexibility index (Phi) is 4.38. The van der Waals surface area contributed by atoms with Crippen LogP contribution in [0.3, 0.4) is 0 Å². The molecule has 3 aromatic heterocycles. The van der Waals surface area contributed by atoms with Crippen LogP contribution in [0.4, 0.5) is 0 Å². The summed E-state index contributed by atoms with van der Waals surface area (Å²) >= 11 is 0. The van der Waals surface area contributed by atoms with Crippen LogP contribution in [-0.2, 0) is 0 Å². The normalized spacial score (nSPS) is 14.7. The van der Waals surface area contributed by atoms with E-state index < -0.39 is 77.6 Å². The Morgan fingerprint density at radius 3 is 2.06 bits per heavy atom. The second kappa shape index (κ2) is 11.4. The molecule has 10 rings (SSSR count). The minimum Gasteiger partial charge on any atom is -0.456 e. The molecule has 0 radical (unpaired) electrons. The van der Waals surface area contributed by atoms with E-state index in [1.54, 1.807) is 6.07 Å². The van der Waals surface area contributed by atoms with E-state index in [2.05, 4.69) is 0 Å². The number of rotatable bonds is 5. The van der Waals surface area contributed by atoms with Crippen molar-refractivity contribution < 1.29 is 23.9 Å². The van der Waals surface area contributed by atoms with Crippen molar-refractivity contribution in [1.82, 2.24) is 15.0 Å². The van der Waals surface area contributed by atoms with Gasteiger partial charge in [-0.25, -0.2) is 15.0 Å². The third kappa shape index (κ3) is 4.67. The smallest absolute Gasteiger partial charge is 0.167 e. The van der Waals surface area contributed by atoms with Crippen molar-refractivity contribution in [2.24, 2.45) is 0 Å². The molecule has 0 aliphatic carbocycles. The van der Waals surface area contributed by atoms with Crippen molar-refractivity contribution in [3.63, 3.8) is 0 Å². The van der Waals surface area contributed by atoms with Crippen molar-refractivity contribution >= 4 is 43.9 Å². The summed E-state index contributed by atoms with van der Waals surface area (Å²) in [5.41, 5.74) is 2.30. The molecule has 7 aromatic carbocycles. The van der Waals surface area contributed by atoms with Gasteiger partial charge in [0, 0.05) is 32.7 Å². The highest BCUT2D eigenvalue weighted by molar-refractivity contribution is 6.13. The lowest BCUT2D eigenvalue weighted by Crippen LogP contribution is -2.00. The first-order valence-electron chi connectivity index (χ1n) is 21.2. The van der Waals surface area contributed by atoms with E-state index in [4.69, 9.17) is 36.1 Å². The van der Waals surface area contributed by atoms with Gasteiger partial charge < -0.3 is 8.83 Å². The van der Waals surface area contributed by atoms with Crippen molar-refractivity contribution in [3.8, 4) is 56.4 Å². The molecule has 10 aromatic rings. The average molecular weight is 653 g/mol. The number of hydrogen-bond donors (Lipinski definition) is 0. The first-order valence-corrected chi connectivity index (χ1v) is 15.7. The summed E-state index contributed by atoms with van der Waals surface area (Å²) in [5.74, 6) is 0.167. The highest BCUT2D eigenvalue weighted by atomic mass is 16.3. The van der Waals surface area contributed by atoms with E-state index in [-0.39, 0.29) is 45.0 Å². The van der Waals surface area contributed by atoms with Gasteiger partial charge >= 0.3 is 0 Å². The zero-order valence-electron chi connectivity index (χ0n) is 36.9. The Labute approximate surface area is 302 Å². The van der Waals surface area contributed by atoms with E-state index in [0.29, 0.717) is 22.3 Å². The molecule has 0 amide bonds. The zero-order valence-corrected chi connectivity index (χ0v) is 25.9. The molecule has 0 atom stereocenters. The first kappa shape index (κ1) is 19.2. The molecule has 5 heteroatoms. The molecule has 0 bridgehead atoms. The van der Waals surface area contributed by atoms with E-state index in [1.165, 1.54) is 0 Å². The van der Waals surface area contributed by atoms with E-state index >= 15 is 0 Å². The third-order valence-corrected chi connectivity index (χ3v) is 8.55. The molecule has 234 valence electrons. The number of benzene rings is 7. The van der Waals surface area contributed by atoms with Crippen molar-refractivity contribution in [2.45, 2.75) is 0 Å². The Morgan fingerprint density at radius 1 is 0.420 bits per heavy atom. The van der Waals surface area contributed by atoms with Gasteiger partial charge in [-0.1, -0.05) is 127 Å². The monoisotopic (exact) mass is 652 g/mol. The maximum absolute atomic E-state index is 9.52. The Morgan fingerprint density at radius 2 is 1.16 bits per heavy atom. The van der Waals surface area contributed by atoms with Crippen molar-refractivity contribution in [1.29, 1.82) is 0 Å². The van der Waals surface area contributed by atoms with Gasteiger partial charge in [0.05, 0.1) is 20.6 Å². The van der Waals surface area contributed by atoms with Gasteiger partial charge in [0.15, 0.2) is 17.5 Å². The van der Waals surface area contributed by atoms with Crippen LogP contribution < -0.4 is 0 Å². The first-order chi connectivity index (χ1) is 29.3. The summed E-state index contributed by atoms with van der Waals surface area (Å²) in [7, 11) is 0. The minimum absolute atomic E-state index is 0.101. The quantitative estimate of drug-likeness (QED) is 0.185. The van der Waals surface area contributed by atoms with Crippen LogP contribution in [0.2, 0.25) is 0 Å². The number of fused-ring (bicyclic) bond motifs is 6. The van der Waals surface area contributed by atoms with E-state index in [0.717, 1.165) is 21.9 Å². The predicted octanol–water partition coefficient (Wildman–Crippen LogP) is 12.0. The Hall–Kier alpha value is -6.85. The Bertz CT molecular complexity index is 3490. The lowest BCUT2D eigenvalue weighted by Gasteiger charge is -2.11. The fourth-order valence-corrected chi connectivity index (χ4v) is 6.25. The molecular weight excluding hydrogens is 615 g/mol. The van der Waals surface area contributed by atoms with Crippen LogP contribution in [-0.4, -0.2) is 15.0 Å². The minimum atomic E-state index is -0.694. The molecule has 0 aliphatic heterocycles. The molecule has 0 fully saturated rings. The van der Waals surface area contributed by atoms with Gasteiger partial charge in [0.25, 0.3) is 0 Å². The fraction of sp³-hybridized carbons (Fsp3) is 0. The van der Waals surface area contributed by atoms with Crippen LogP contribution in [0.5, 0.6) is 0 Å². The molecule has 3 heterocycles. The predicted molar refractivity (Wildman–Crippen MR) is 202 cm³/mol. The van der Waals surface area contributed by atoms with Gasteiger partial charge in [-0.15, -0.1) is 0 Å². The van der Waals surface area contributed by atoms with Crippen LogP contribution in [0.15, 0.2) is 172 Å². The topological polar surface area (TPSA) is 65.0 Å². The lowest BCUT2D eigenvalue weighted by molar-refractivity contribution is 0.668. The molecular formula is C45H27N3O2. The van der Waals surface area contributed by atoms with Crippen LogP contribution in [0.25, 0.3) is 100 Å². The molecule has 0 saturated carbocycles. The number of nitrogens with zero attached hydrogens (tertiary/aromatic N) is 3. The van der Waals surface area contributed by atoms with Crippen molar-refractivity contribution in [2.75, 3.05) is 0 Å². The molecule has 0 unspecified atom stereocenters. The van der Waals surface area contributed by atoms with E-state index in [9.17, 15) is 2.74 Å². The zero-order chi connectivity index (χ0) is 42.6. The summed E-state index contributed by atoms with van der Waals surface area (Å²) in [5, 5.41) is 1.37. The fourth-order valence-electron chi connectivity index (χ4n) is 6.25. The Balaban J connectivity index is 1.33. The summed E-state index contributed by atoms with van der Waals surface area (Å²) in [6, 6.07) is 23.5. The van der Waals surface area contributed by atoms with Gasteiger partial charge in [-0.05, 0) is 58.6 Å². The summed E-state index contributed by atoms with van der Waals surface area (Å²) in [4.78, 5) is 14.8. The van der Waals surface area contributed by atoms with Crippen LogP contribution >= 0.6 is 0 Å². The number of furan rings is 2. The number of para-hydroxylation sites is 2. The van der Waals surface area contributed by atoms with Gasteiger partial charge in [0.2, 0.25) is 0 Å². The lowest BCUT2D eigenvalue weighted by atomic mass is 10.0. The molecule has 0 saturated heterocycles. The highest BCUT2D eigenvalue weighted by Crippen LogP contribution is 2.40. The number of aromatic nitrogens is 3. The maximum atomic E-state index is 9.52. The summed E-state index contributed by atoms with van der Waals surface area (Å²) in [6.45, 7) is 0. The molecule has 0 N–H and O–H groups in total. The van der Waals surface area contributed by atoms with Crippen molar-refractivity contribution in [3.05, 3.63) is 164 Å².